The monoisotopic (exact) mass is 380 g/mol. The van der Waals surface area contributed by atoms with Gasteiger partial charge in [-0.3, -0.25) is 0 Å². The van der Waals surface area contributed by atoms with Gasteiger partial charge in [0.2, 0.25) is 5.13 Å². The number of aromatic nitrogens is 7. The molecule has 27 heavy (non-hydrogen) atoms. The van der Waals surface area contributed by atoms with E-state index in [0.29, 0.717) is 5.13 Å². The van der Waals surface area contributed by atoms with Crippen molar-refractivity contribution < 1.29 is 0 Å². The van der Waals surface area contributed by atoms with Gasteiger partial charge in [-0.05, 0) is 13.3 Å². The van der Waals surface area contributed by atoms with Crippen LogP contribution in [-0.2, 0) is 19.5 Å². The summed E-state index contributed by atoms with van der Waals surface area (Å²) in [5.41, 5.74) is 8.62. The molecule has 138 valence electrons. The van der Waals surface area contributed by atoms with Gasteiger partial charge in [0.05, 0.1) is 12.0 Å². The zero-order chi connectivity index (χ0) is 18.6. The molecule has 0 bridgehead atoms. The van der Waals surface area contributed by atoms with Gasteiger partial charge < -0.3 is 10.3 Å². The van der Waals surface area contributed by atoms with Gasteiger partial charge in [0.15, 0.2) is 5.82 Å². The van der Waals surface area contributed by atoms with Crippen molar-refractivity contribution in [1.82, 2.24) is 34.5 Å². The molecule has 0 aliphatic carbocycles. The third-order valence-electron chi connectivity index (χ3n) is 4.28. The van der Waals surface area contributed by atoms with Crippen LogP contribution in [0, 0.1) is 0 Å². The van der Waals surface area contributed by atoms with Crippen LogP contribution in [0.3, 0.4) is 0 Å². The van der Waals surface area contributed by atoms with Crippen molar-refractivity contribution in [3.8, 4) is 22.8 Å². The molecule has 4 rings (SSSR count). The van der Waals surface area contributed by atoms with Crippen molar-refractivity contribution in [3.63, 3.8) is 0 Å². The van der Waals surface area contributed by atoms with E-state index in [2.05, 4.69) is 48.9 Å². The van der Waals surface area contributed by atoms with Gasteiger partial charge in [-0.1, -0.05) is 41.7 Å². The van der Waals surface area contributed by atoms with Crippen molar-refractivity contribution in [2.45, 2.75) is 32.9 Å². The average molecular weight is 380 g/mol. The molecule has 0 atom stereocenters. The predicted molar refractivity (Wildman–Crippen MR) is 105 cm³/mol. The highest BCUT2D eigenvalue weighted by Gasteiger charge is 2.19. The molecule has 3 heterocycles. The summed E-state index contributed by atoms with van der Waals surface area (Å²) < 4.78 is 4.04. The fourth-order valence-electron chi connectivity index (χ4n) is 3.04. The van der Waals surface area contributed by atoms with Crippen LogP contribution in [0.1, 0.15) is 18.4 Å². The highest BCUT2D eigenvalue weighted by Crippen LogP contribution is 2.30. The number of nitrogens with two attached hydrogens (primary N) is 1. The Labute approximate surface area is 160 Å². The number of hydrogen-bond acceptors (Lipinski definition) is 7. The SMILES string of the molecule is CCn1ncnc1-c1c(-c2ccccc2)ncn1CCCc1nnc(N)s1. The molecule has 0 fully saturated rings. The first-order valence-corrected chi connectivity index (χ1v) is 9.64. The van der Waals surface area contributed by atoms with Crippen LogP contribution in [0.4, 0.5) is 5.13 Å². The molecule has 1 aromatic carbocycles. The van der Waals surface area contributed by atoms with Crippen LogP contribution in [0.2, 0.25) is 0 Å². The molecule has 0 spiro atoms. The van der Waals surface area contributed by atoms with Gasteiger partial charge in [-0.2, -0.15) is 5.10 Å². The first-order chi connectivity index (χ1) is 13.3. The lowest BCUT2D eigenvalue weighted by Crippen LogP contribution is -2.06. The Kier molecular flexibility index (Phi) is 4.93. The maximum absolute atomic E-state index is 5.66. The van der Waals surface area contributed by atoms with Crippen molar-refractivity contribution in [2.24, 2.45) is 0 Å². The highest BCUT2D eigenvalue weighted by atomic mass is 32.1. The van der Waals surface area contributed by atoms with Crippen LogP contribution < -0.4 is 5.73 Å². The molecule has 0 saturated carbocycles. The van der Waals surface area contributed by atoms with Crippen molar-refractivity contribution in [2.75, 3.05) is 5.73 Å². The molecular weight excluding hydrogens is 360 g/mol. The first-order valence-electron chi connectivity index (χ1n) is 8.83. The van der Waals surface area contributed by atoms with Crippen molar-refractivity contribution >= 4 is 16.5 Å². The zero-order valence-electron chi connectivity index (χ0n) is 15.0. The lowest BCUT2D eigenvalue weighted by atomic mass is 10.1. The average Bonchev–Trinajstić information content (AvgIpc) is 3.41. The summed E-state index contributed by atoms with van der Waals surface area (Å²) in [6, 6.07) is 10.2. The number of imidazole rings is 1. The molecule has 0 aliphatic heterocycles. The maximum atomic E-state index is 5.66. The third kappa shape index (κ3) is 3.59. The van der Waals surface area contributed by atoms with E-state index in [1.807, 2.05) is 29.2 Å². The number of anilines is 1. The normalized spacial score (nSPS) is 11.1. The number of nitrogens with zero attached hydrogens (tertiary/aromatic N) is 7. The second-order valence-corrected chi connectivity index (χ2v) is 7.13. The van der Waals surface area contributed by atoms with E-state index in [9.17, 15) is 0 Å². The standard InChI is InChI=1S/C18H20N8S/c1-2-26-17(20-11-22-26)16-15(13-7-4-3-5-8-13)21-12-25(16)10-6-9-14-23-24-18(19)27-14/h3-5,7-8,11-12H,2,6,9-10H2,1H3,(H2,19,24). The van der Waals surface area contributed by atoms with E-state index < -0.39 is 0 Å². The fraction of sp³-hybridized carbons (Fsp3) is 0.278. The number of nitrogen functional groups attached to an aromatic ring is 1. The van der Waals surface area contributed by atoms with Crippen LogP contribution in [0.5, 0.6) is 0 Å². The molecule has 4 aromatic rings. The van der Waals surface area contributed by atoms with Gasteiger partial charge >= 0.3 is 0 Å². The molecule has 0 saturated heterocycles. The molecule has 9 heteroatoms. The smallest absolute Gasteiger partial charge is 0.203 e. The highest BCUT2D eigenvalue weighted by molar-refractivity contribution is 7.15. The van der Waals surface area contributed by atoms with Gasteiger partial charge in [0.25, 0.3) is 0 Å². The van der Waals surface area contributed by atoms with Crippen LogP contribution in [-0.4, -0.2) is 34.5 Å². The number of benzene rings is 1. The summed E-state index contributed by atoms with van der Waals surface area (Å²) in [6.07, 6.45) is 5.20. The minimum absolute atomic E-state index is 0.510. The molecule has 2 N–H and O–H groups in total. The third-order valence-corrected chi connectivity index (χ3v) is 5.10. The second-order valence-electron chi connectivity index (χ2n) is 6.04. The van der Waals surface area contributed by atoms with Crippen LogP contribution in [0.15, 0.2) is 43.0 Å². The molecule has 0 radical (unpaired) electrons. The maximum Gasteiger partial charge on any atom is 0.203 e. The molecule has 0 unspecified atom stereocenters. The number of hydrogen-bond donors (Lipinski definition) is 1. The van der Waals surface area contributed by atoms with E-state index in [1.165, 1.54) is 11.3 Å². The number of rotatable bonds is 7. The Morgan fingerprint density at radius 2 is 1.96 bits per heavy atom. The Morgan fingerprint density at radius 3 is 2.70 bits per heavy atom. The minimum Gasteiger partial charge on any atom is -0.374 e. The Hall–Kier alpha value is -3.07. The van der Waals surface area contributed by atoms with E-state index in [1.54, 1.807) is 6.33 Å². The Morgan fingerprint density at radius 1 is 1.11 bits per heavy atom. The summed E-state index contributed by atoms with van der Waals surface area (Å²) in [6.45, 7) is 3.60. The topological polar surface area (TPSA) is 100 Å². The van der Waals surface area contributed by atoms with E-state index in [-0.39, 0.29) is 0 Å². The lowest BCUT2D eigenvalue weighted by Gasteiger charge is -2.10. The summed E-state index contributed by atoms with van der Waals surface area (Å²) in [7, 11) is 0. The number of aryl methyl sites for hydroxylation is 3. The summed E-state index contributed by atoms with van der Waals surface area (Å²) in [5, 5.41) is 13.8. The van der Waals surface area contributed by atoms with Gasteiger partial charge in [0, 0.05) is 25.1 Å². The van der Waals surface area contributed by atoms with E-state index >= 15 is 0 Å². The molecule has 0 amide bonds. The Bertz CT molecular complexity index is 1020. The summed E-state index contributed by atoms with van der Waals surface area (Å²) in [4.78, 5) is 9.18. The predicted octanol–water partition coefficient (Wildman–Crippen LogP) is 2.90. The van der Waals surface area contributed by atoms with E-state index in [4.69, 9.17) is 5.73 Å². The summed E-state index contributed by atoms with van der Waals surface area (Å²) >= 11 is 1.44. The van der Waals surface area contributed by atoms with Gasteiger partial charge in [-0.15, -0.1) is 10.2 Å². The molecule has 3 aromatic heterocycles. The Balaban J connectivity index is 1.66. The fourth-order valence-corrected chi connectivity index (χ4v) is 3.69. The van der Waals surface area contributed by atoms with Gasteiger partial charge in [0.1, 0.15) is 17.0 Å². The minimum atomic E-state index is 0.510. The summed E-state index contributed by atoms with van der Waals surface area (Å²) in [5.74, 6) is 0.828. The van der Waals surface area contributed by atoms with Crippen LogP contribution >= 0.6 is 11.3 Å². The largest absolute Gasteiger partial charge is 0.374 e. The van der Waals surface area contributed by atoms with E-state index in [0.717, 1.165) is 53.7 Å². The molecular formula is C18H20N8S. The zero-order valence-corrected chi connectivity index (χ0v) is 15.8. The van der Waals surface area contributed by atoms with Gasteiger partial charge in [-0.25, -0.2) is 14.6 Å². The molecule has 0 aliphatic rings. The lowest BCUT2D eigenvalue weighted by molar-refractivity contribution is 0.626. The van der Waals surface area contributed by atoms with Crippen molar-refractivity contribution in [1.29, 1.82) is 0 Å². The van der Waals surface area contributed by atoms with Crippen molar-refractivity contribution in [3.05, 3.63) is 48.0 Å². The first kappa shape index (κ1) is 17.3. The quantitative estimate of drug-likeness (QED) is 0.529. The second kappa shape index (κ2) is 7.67. The van der Waals surface area contributed by atoms with Crippen LogP contribution in [0.25, 0.3) is 22.8 Å². The molecule has 8 nitrogen and oxygen atoms in total.